The lowest BCUT2D eigenvalue weighted by atomic mass is 9.89. The van der Waals surface area contributed by atoms with Crippen molar-refractivity contribution in [2.75, 3.05) is 0 Å². The van der Waals surface area contributed by atoms with Gasteiger partial charge in [-0.15, -0.1) is 0 Å². The molecule has 1 aromatic carbocycles. The van der Waals surface area contributed by atoms with E-state index in [0.29, 0.717) is 11.1 Å². The van der Waals surface area contributed by atoms with Crippen molar-refractivity contribution in [3.8, 4) is 0 Å². The predicted octanol–water partition coefficient (Wildman–Crippen LogP) is 1.87. The molecule has 0 heterocycles. The number of fused-ring (bicyclic) bond motifs is 3. The maximum absolute atomic E-state index is 11.4. The summed E-state index contributed by atoms with van der Waals surface area (Å²) in [5.74, 6) is 0. The van der Waals surface area contributed by atoms with E-state index < -0.39 is 37.6 Å². The molecule has 3 rings (SSSR count). The van der Waals surface area contributed by atoms with E-state index in [0.717, 1.165) is 0 Å². The fourth-order valence-corrected chi connectivity index (χ4v) is 2.68. The third-order valence-corrected chi connectivity index (χ3v) is 3.54. The molecule has 0 bridgehead atoms. The lowest BCUT2D eigenvalue weighted by Gasteiger charge is -2.12. The first-order valence-corrected chi connectivity index (χ1v) is 6.17. The molecule has 1 aromatic rings. The third kappa shape index (κ3) is 1.85. The molecule has 10 heteroatoms. The van der Waals surface area contributed by atoms with Crippen molar-refractivity contribution in [1.29, 1.82) is 5.41 Å². The molecular weight excluding hydrogens is 308 g/mol. The molecule has 2 aliphatic rings. The smallest absolute Gasteiger partial charge is 0.294 e. The zero-order valence-electron chi connectivity index (χ0n) is 11.2. The second-order valence-corrected chi connectivity index (χ2v) is 4.71. The van der Waals surface area contributed by atoms with Crippen LogP contribution in [-0.4, -0.2) is 20.5 Å². The highest BCUT2D eigenvalue weighted by Gasteiger charge is 2.52. The maximum Gasteiger partial charge on any atom is 0.425 e. The minimum Gasteiger partial charge on any atom is -0.294 e. The summed E-state index contributed by atoms with van der Waals surface area (Å²) in [5.41, 5.74) is -3.47. The Morgan fingerprint density at radius 2 is 1.39 bits per heavy atom. The van der Waals surface area contributed by atoms with Crippen molar-refractivity contribution in [2.24, 2.45) is 0 Å². The van der Waals surface area contributed by atoms with Gasteiger partial charge in [-0.2, -0.15) is 0 Å². The van der Waals surface area contributed by atoms with Crippen molar-refractivity contribution >= 4 is 17.4 Å². The number of nitro groups is 3. The number of nitrogens with zero attached hydrogens (tertiary/aromatic N) is 3. The van der Waals surface area contributed by atoms with Crippen LogP contribution in [0.1, 0.15) is 11.1 Å². The number of hydrogen-bond acceptors (Lipinski definition) is 7. The van der Waals surface area contributed by atoms with Crippen molar-refractivity contribution in [3.63, 3.8) is 0 Å². The van der Waals surface area contributed by atoms with E-state index in [4.69, 9.17) is 5.41 Å². The van der Waals surface area contributed by atoms with E-state index in [2.05, 4.69) is 0 Å². The van der Waals surface area contributed by atoms with Crippen LogP contribution in [0.15, 0.2) is 46.9 Å². The molecule has 0 atom stereocenters. The highest BCUT2D eigenvalue weighted by molar-refractivity contribution is 6.26. The molecule has 0 aromatic heterocycles. The Morgan fingerprint density at radius 1 is 0.826 bits per heavy atom. The lowest BCUT2D eigenvalue weighted by Crippen LogP contribution is -2.27. The van der Waals surface area contributed by atoms with E-state index in [1.165, 1.54) is 12.1 Å². The zero-order chi connectivity index (χ0) is 16.9. The fourth-order valence-electron chi connectivity index (χ4n) is 2.68. The Morgan fingerprint density at radius 3 is 1.96 bits per heavy atom. The van der Waals surface area contributed by atoms with Gasteiger partial charge in [-0.3, -0.25) is 35.8 Å². The van der Waals surface area contributed by atoms with Gasteiger partial charge in [-0.25, -0.2) is 0 Å². The van der Waals surface area contributed by atoms with E-state index >= 15 is 0 Å². The SMILES string of the molecule is N=C1C2=Cc3ccccc3C2=C([N+](=O)[O-])C([N+](=O)[O-])=C1[N+](=O)[O-]. The Bertz CT molecular complexity index is 924. The van der Waals surface area contributed by atoms with Crippen molar-refractivity contribution in [3.05, 3.63) is 88.4 Å². The summed E-state index contributed by atoms with van der Waals surface area (Å²) in [6.45, 7) is 0. The van der Waals surface area contributed by atoms with Gasteiger partial charge in [-0.05, 0) is 17.2 Å². The first-order chi connectivity index (χ1) is 10.8. The molecule has 0 unspecified atom stereocenters. The number of hydrogen-bond donors (Lipinski definition) is 1. The number of benzene rings is 1. The van der Waals surface area contributed by atoms with Crippen LogP contribution in [0.25, 0.3) is 11.6 Å². The summed E-state index contributed by atoms with van der Waals surface area (Å²) >= 11 is 0. The van der Waals surface area contributed by atoms with Gasteiger partial charge in [0.15, 0.2) is 0 Å². The van der Waals surface area contributed by atoms with Crippen LogP contribution < -0.4 is 0 Å². The summed E-state index contributed by atoms with van der Waals surface area (Å²) in [7, 11) is 0. The first kappa shape index (κ1) is 14.3. The standard InChI is InChI=1S/C13H6N4O6/c14-10-8-5-6-3-1-2-4-7(6)9(8)11(15(18)19)13(17(22)23)12(10)16(20)21/h1-5,14H. The maximum atomic E-state index is 11.4. The lowest BCUT2D eigenvalue weighted by molar-refractivity contribution is -0.497. The molecule has 0 aliphatic heterocycles. The molecule has 0 radical (unpaired) electrons. The van der Waals surface area contributed by atoms with Crippen LogP contribution in [-0.2, 0) is 0 Å². The first-order valence-electron chi connectivity index (χ1n) is 6.17. The fraction of sp³-hybridized carbons (Fsp3) is 0. The third-order valence-electron chi connectivity index (χ3n) is 3.54. The van der Waals surface area contributed by atoms with Gasteiger partial charge in [0.05, 0.1) is 20.3 Å². The van der Waals surface area contributed by atoms with E-state index in [9.17, 15) is 30.3 Å². The monoisotopic (exact) mass is 314 g/mol. The minimum atomic E-state index is -1.27. The van der Waals surface area contributed by atoms with Crippen LogP contribution >= 0.6 is 0 Å². The largest absolute Gasteiger partial charge is 0.425 e. The Hall–Kier alpha value is -3.69. The highest BCUT2D eigenvalue weighted by Crippen LogP contribution is 2.44. The van der Waals surface area contributed by atoms with Gasteiger partial charge in [0.1, 0.15) is 5.71 Å². The van der Waals surface area contributed by atoms with Gasteiger partial charge in [0.2, 0.25) is 0 Å². The highest BCUT2D eigenvalue weighted by atomic mass is 16.6. The van der Waals surface area contributed by atoms with Crippen molar-refractivity contribution in [2.45, 2.75) is 0 Å². The summed E-state index contributed by atoms with van der Waals surface area (Å²) in [6, 6.07) is 6.36. The quantitative estimate of drug-likeness (QED) is 0.663. The number of nitrogens with one attached hydrogen (secondary N) is 1. The Labute approximate surface area is 127 Å². The van der Waals surface area contributed by atoms with E-state index in [-0.39, 0.29) is 11.1 Å². The summed E-state index contributed by atoms with van der Waals surface area (Å²) < 4.78 is 0. The van der Waals surface area contributed by atoms with E-state index in [1.807, 2.05) is 0 Å². The molecule has 0 amide bonds. The van der Waals surface area contributed by atoms with Gasteiger partial charge in [-0.1, -0.05) is 24.3 Å². The molecule has 10 nitrogen and oxygen atoms in total. The molecule has 0 saturated heterocycles. The van der Waals surface area contributed by atoms with Crippen LogP contribution in [0, 0.1) is 35.8 Å². The average molecular weight is 314 g/mol. The molecule has 2 aliphatic carbocycles. The van der Waals surface area contributed by atoms with Crippen LogP contribution in [0.2, 0.25) is 0 Å². The molecule has 0 saturated carbocycles. The van der Waals surface area contributed by atoms with Crippen molar-refractivity contribution in [1.82, 2.24) is 0 Å². The van der Waals surface area contributed by atoms with E-state index in [1.54, 1.807) is 18.2 Å². The minimum absolute atomic E-state index is 0.0600. The second-order valence-electron chi connectivity index (χ2n) is 4.71. The Kier molecular flexibility index (Phi) is 2.89. The summed E-state index contributed by atoms with van der Waals surface area (Å²) in [5, 5.41) is 41.6. The van der Waals surface area contributed by atoms with Crippen LogP contribution in [0.4, 0.5) is 0 Å². The van der Waals surface area contributed by atoms with Crippen molar-refractivity contribution < 1.29 is 14.8 Å². The molecule has 0 fully saturated rings. The molecule has 1 N–H and O–H groups in total. The second kappa shape index (κ2) is 4.66. The van der Waals surface area contributed by atoms with Gasteiger partial charge >= 0.3 is 17.1 Å². The molecule has 0 spiro atoms. The molecular formula is C13H6N4O6. The van der Waals surface area contributed by atoms with Crippen LogP contribution in [0.3, 0.4) is 0 Å². The number of rotatable bonds is 3. The number of allylic oxidation sites excluding steroid dienone is 2. The average Bonchev–Trinajstić information content (AvgIpc) is 2.85. The summed E-state index contributed by atoms with van der Waals surface area (Å²) in [6.07, 6.45) is 1.39. The van der Waals surface area contributed by atoms with Gasteiger partial charge in [0, 0.05) is 5.57 Å². The van der Waals surface area contributed by atoms with Gasteiger partial charge in [0.25, 0.3) is 0 Å². The zero-order valence-corrected chi connectivity index (χ0v) is 11.2. The van der Waals surface area contributed by atoms with Gasteiger partial charge < -0.3 is 0 Å². The summed E-state index contributed by atoms with van der Waals surface area (Å²) in [4.78, 5) is 30.4. The molecule has 23 heavy (non-hydrogen) atoms. The van der Waals surface area contributed by atoms with Crippen LogP contribution in [0.5, 0.6) is 0 Å². The topological polar surface area (TPSA) is 153 Å². The Balaban J connectivity index is 2.48. The normalized spacial score (nSPS) is 16.0. The molecule has 114 valence electrons. The predicted molar refractivity (Wildman–Crippen MR) is 77.1 cm³/mol.